The van der Waals surface area contributed by atoms with Crippen LogP contribution in [0.15, 0.2) is 24.3 Å². The van der Waals surface area contributed by atoms with Gasteiger partial charge in [0.1, 0.15) is 0 Å². The van der Waals surface area contributed by atoms with Gasteiger partial charge in [-0.05, 0) is 41.0 Å². The summed E-state index contributed by atoms with van der Waals surface area (Å²) in [5.41, 5.74) is 2.54. The summed E-state index contributed by atoms with van der Waals surface area (Å²) in [4.78, 5) is 10.9. The van der Waals surface area contributed by atoms with Crippen LogP contribution in [0.3, 0.4) is 0 Å². The molecule has 1 atom stereocenters. The van der Waals surface area contributed by atoms with Crippen molar-refractivity contribution in [3.8, 4) is 0 Å². The minimum atomic E-state index is -0.250. The van der Waals surface area contributed by atoms with Crippen molar-refractivity contribution in [1.82, 2.24) is 0 Å². The highest BCUT2D eigenvalue weighted by molar-refractivity contribution is 6.63. The fourth-order valence-corrected chi connectivity index (χ4v) is 2.03. The minimum Gasteiger partial charge on any atom is -0.281 e. The van der Waals surface area contributed by atoms with Gasteiger partial charge in [0.25, 0.3) is 0 Å². The summed E-state index contributed by atoms with van der Waals surface area (Å²) in [5.74, 6) is 0.801. The van der Waals surface area contributed by atoms with Crippen LogP contribution >= 0.6 is 11.6 Å². The standard InChI is InChI=1S/C14H19ClO/c1-4-11(9-14(15)16)13-7-5-12(6-8-13)10(2)3/h5-8,10-11H,4,9H2,1-3H3. The zero-order valence-corrected chi connectivity index (χ0v) is 10.9. The van der Waals surface area contributed by atoms with Crippen molar-refractivity contribution in [2.24, 2.45) is 0 Å². The second-order valence-electron chi connectivity index (χ2n) is 4.49. The summed E-state index contributed by atoms with van der Waals surface area (Å²) >= 11 is 5.44. The molecule has 0 aromatic heterocycles. The smallest absolute Gasteiger partial charge is 0.222 e. The maximum atomic E-state index is 10.9. The van der Waals surface area contributed by atoms with Gasteiger partial charge in [0.2, 0.25) is 5.24 Å². The number of hydrogen-bond donors (Lipinski definition) is 0. The Hall–Kier alpha value is -0.820. The molecule has 0 aliphatic rings. The van der Waals surface area contributed by atoms with E-state index < -0.39 is 0 Å². The number of rotatable bonds is 5. The number of benzene rings is 1. The van der Waals surface area contributed by atoms with E-state index >= 15 is 0 Å². The van der Waals surface area contributed by atoms with Crippen molar-refractivity contribution in [2.45, 2.75) is 45.4 Å². The molecule has 1 rings (SSSR count). The summed E-state index contributed by atoms with van der Waals surface area (Å²) in [6.07, 6.45) is 1.37. The molecule has 0 heterocycles. The van der Waals surface area contributed by atoms with Crippen LogP contribution in [0.4, 0.5) is 0 Å². The van der Waals surface area contributed by atoms with E-state index in [4.69, 9.17) is 11.6 Å². The normalized spacial score (nSPS) is 12.8. The molecule has 1 aromatic carbocycles. The quantitative estimate of drug-likeness (QED) is 0.693. The fourth-order valence-electron chi connectivity index (χ4n) is 1.84. The Labute approximate surface area is 103 Å². The Kier molecular flexibility index (Phi) is 5.01. The topological polar surface area (TPSA) is 17.1 Å². The van der Waals surface area contributed by atoms with Gasteiger partial charge in [-0.1, -0.05) is 45.0 Å². The first-order valence-corrected chi connectivity index (χ1v) is 6.20. The lowest BCUT2D eigenvalue weighted by Gasteiger charge is -2.14. The molecule has 16 heavy (non-hydrogen) atoms. The molecule has 0 amide bonds. The lowest BCUT2D eigenvalue weighted by atomic mass is 9.91. The number of carbonyl (C=O) groups is 1. The van der Waals surface area contributed by atoms with Crippen molar-refractivity contribution in [3.63, 3.8) is 0 Å². The molecular weight excluding hydrogens is 220 g/mol. The monoisotopic (exact) mass is 238 g/mol. The predicted octanol–water partition coefficient (Wildman–Crippen LogP) is 4.46. The van der Waals surface area contributed by atoms with Crippen molar-refractivity contribution in [3.05, 3.63) is 35.4 Å². The van der Waals surface area contributed by atoms with Crippen LogP contribution in [0, 0.1) is 0 Å². The third kappa shape index (κ3) is 3.64. The van der Waals surface area contributed by atoms with Gasteiger partial charge >= 0.3 is 0 Å². The molecule has 0 fully saturated rings. The van der Waals surface area contributed by atoms with Crippen LogP contribution in [0.2, 0.25) is 0 Å². The molecule has 2 heteroatoms. The molecule has 0 aliphatic carbocycles. The maximum Gasteiger partial charge on any atom is 0.222 e. The Morgan fingerprint density at radius 1 is 1.19 bits per heavy atom. The van der Waals surface area contributed by atoms with Crippen molar-refractivity contribution in [1.29, 1.82) is 0 Å². The average Bonchev–Trinajstić information content (AvgIpc) is 2.25. The van der Waals surface area contributed by atoms with Gasteiger partial charge in [-0.2, -0.15) is 0 Å². The zero-order valence-electron chi connectivity index (χ0n) is 10.2. The number of halogens is 1. The van der Waals surface area contributed by atoms with Gasteiger partial charge in [0.15, 0.2) is 0 Å². The van der Waals surface area contributed by atoms with E-state index in [0.29, 0.717) is 12.3 Å². The van der Waals surface area contributed by atoms with Gasteiger partial charge in [0, 0.05) is 6.42 Å². The molecule has 1 unspecified atom stereocenters. The summed E-state index contributed by atoms with van der Waals surface area (Å²) in [5, 5.41) is -0.250. The molecule has 0 bridgehead atoms. The van der Waals surface area contributed by atoms with E-state index in [0.717, 1.165) is 6.42 Å². The van der Waals surface area contributed by atoms with Crippen LogP contribution in [0.5, 0.6) is 0 Å². The molecule has 1 aromatic rings. The van der Waals surface area contributed by atoms with E-state index in [-0.39, 0.29) is 11.2 Å². The Morgan fingerprint density at radius 2 is 1.69 bits per heavy atom. The third-order valence-corrected chi connectivity index (χ3v) is 3.13. The fraction of sp³-hybridized carbons (Fsp3) is 0.500. The Balaban J connectivity index is 2.82. The predicted molar refractivity (Wildman–Crippen MR) is 69.0 cm³/mol. The van der Waals surface area contributed by atoms with Crippen LogP contribution in [-0.2, 0) is 4.79 Å². The first-order chi connectivity index (χ1) is 7.54. The Morgan fingerprint density at radius 3 is 2.06 bits per heavy atom. The van der Waals surface area contributed by atoms with Gasteiger partial charge in [-0.3, -0.25) is 4.79 Å². The highest BCUT2D eigenvalue weighted by Crippen LogP contribution is 2.25. The average molecular weight is 239 g/mol. The molecule has 1 nitrogen and oxygen atoms in total. The minimum absolute atomic E-state index is 0.250. The summed E-state index contributed by atoms with van der Waals surface area (Å²) in [6, 6.07) is 8.51. The van der Waals surface area contributed by atoms with Gasteiger partial charge in [-0.15, -0.1) is 0 Å². The van der Waals surface area contributed by atoms with Crippen LogP contribution in [0.1, 0.15) is 56.6 Å². The van der Waals surface area contributed by atoms with E-state index in [1.165, 1.54) is 11.1 Å². The molecule has 88 valence electrons. The largest absolute Gasteiger partial charge is 0.281 e. The molecular formula is C14H19ClO. The van der Waals surface area contributed by atoms with Crippen LogP contribution in [0.25, 0.3) is 0 Å². The molecule has 0 aliphatic heterocycles. The van der Waals surface area contributed by atoms with Crippen molar-refractivity contribution in [2.75, 3.05) is 0 Å². The maximum absolute atomic E-state index is 10.9. The van der Waals surface area contributed by atoms with Crippen molar-refractivity contribution >= 4 is 16.8 Å². The summed E-state index contributed by atoms with van der Waals surface area (Å²) in [6.45, 7) is 6.43. The molecule has 0 N–H and O–H groups in total. The first-order valence-electron chi connectivity index (χ1n) is 5.82. The van der Waals surface area contributed by atoms with E-state index in [9.17, 15) is 4.79 Å². The second-order valence-corrected chi connectivity index (χ2v) is 4.91. The second kappa shape index (κ2) is 6.05. The molecule has 0 saturated heterocycles. The first kappa shape index (κ1) is 13.2. The van der Waals surface area contributed by atoms with E-state index in [1.807, 2.05) is 0 Å². The lowest BCUT2D eigenvalue weighted by molar-refractivity contribution is -0.112. The number of carbonyl (C=O) groups excluding carboxylic acids is 1. The van der Waals surface area contributed by atoms with Crippen LogP contribution in [-0.4, -0.2) is 5.24 Å². The summed E-state index contributed by atoms with van der Waals surface area (Å²) < 4.78 is 0. The van der Waals surface area contributed by atoms with Gasteiger partial charge < -0.3 is 0 Å². The molecule has 0 radical (unpaired) electrons. The zero-order chi connectivity index (χ0) is 12.1. The Bertz CT molecular complexity index is 340. The highest BCUT2D eigenvalue weighted by Gasteiger charge is 2.12. The summed E-state index contributed by atoms with van der Waals surface area (Å²) in [7, 11) is 0. The van der Waals surface area contributed by atoms with E-state index in [1.54, 1.807) is 0 Å². The molecule has 0 spiro atoms. The van der Waals surface area contributed by atoms with Gasteiger partial charge in [0.05, 0.1) is 0 Å². The number of hydrogen-bond acceptors (Lipinski definition) is 1. The molecule has 0 saturated carbocycles. The van der Waals surface area contributed by atoms with Gasteiger partial charge in [-0.25, -0.2) is 0 Å². The van der Waals surface area contributed by atoms with E-state index in [2.05, 4.69) is 45.0 Å². The third-order valence-electron chi connectivity index (χ3n) is 2.97. The lowest BCUT2D eigenvalue weighted by Crippen LogP contribution is -2.02. The highest BCUT2D eigenvalue weighted by atomic mass is 35.5. The SMILES string of the molecule is CCC(CC(=O)Cl)c1ccc(C(C)C)cc1. The van der Waals surface area contributed by atoms with Crippen LogP contribution < -0.4 is 0 Å². The van der Waals surface area contributed by atoms with Crippen molar-refractivity contribution < 1.29 is 4.79 Å².